The Morgan fingerprint density at radius 3 is 2.21 bits per heavy atom. The lowest BCUT2D eigenvalue weighted by Gasteiger charge is -2.41. The van der Waals surface area contributed by atoms with Crippen LogP contribution in [0.25, 0.3) is 0 Å². The molecule has 24 heavy (non-hydrogen) atoms. The summed E-state index contributed by atoms with van der Waals surface area (Å²) >= 11 is 0. The van der Waals surface area contributed by atoms with Crippen LogP contribution >= 0.6 is 0 Å². The van der Waals surface area contributed by atoms with E-state index in [1.165, 1.54) is 4.90 Å². The second-order valence-electron chi connectivity index (χ2n) is 7.26. The van der Waals surface area contributed by atoms with E-state index >= 15 is 4.39 Å². The van der Waals surface area contributed by atoms with Crippen LogP contribution in [0, 0.1) is 5.41 Å². The summed E-state index contributed by atoms with van der Waals surface area (Å²) in [6.07, 6.45) is -1.58. The molecule has 1 aromatic rings. The first kappa shape index (κ1) is 18.2. The van der Waals surface area contributed by atoms with E-state index in [4.69, 9.17) is 10.5 Å². The molecule has 0 radical (unpaired) electrons. The maximum absolute atomic E-state index is 15.1. The van der Waals surface area contributed by atoms with E-state index in [-0.39, 0.29) is 25.9 Å². The fraction of sp³-hybridized carbons (Fsp3) is 0.556. The molecular formula is C18H25FN2O3. The molecule has 1 saturated heterocycles. The first-order chi connectivity index (χ1) is 11.2. The Bertz CT molecular complexity index is 590. The highest BCUT2D eigenvalue weighted by atomic mass is 19.1. The summed E-state index contributed by atoms with van der Waals surface area (Å²) in [5.41, 5.74) is 4.10. The van der Waals surface area contributed by atoms with Gasteiger partial charge in [0.1, 0.15) is 11.8 Å². The van der Waals surface area contributed by atoms with Crippen LogP contribution in [0.1, 0.15) is 45.3 Å². The number of hydrogen-bond acceptors (Lipinski definition) is 3. The number of alkyl halides is 1. The molecule has 2 rings (SSSR count). The van der Waals surface area contributed by atoms with Crippen LogP contribution < -0.4 is 5.73 Å². The van der Waals surface area contributed by atoms with Gasteiger partial charge in [0.25, 0.3) is 0 Å². The molecule has 1 heterocycles. The zero-order valence-electron chi connectivity index (χ0n) is 14.4. The standard InChI is InChI=1S/C18H25FN2O3/c1-17(2,3)24-16(23)21-11-9-18(10-12-21,15(20)22)14(19)13-7-5-4-6-8-13/h4-8,14H,9-12H2,1-3H3,(H2,20,22). The number of benzene rings is 1. The Kier molecular flexibility index (Phi) is 5.16. The molecule has 1 fully saturated rings. The van der Waals surface area contributed by atoms with Gasteiger partial charge in [-0.25, -0.2) is 9.18 Å². The van der Waals surface area contributed by atoms with Crippen LogP contribution in [-0.2, 0) is 9.53 Å². The number of piperidine rings is 1. The number of nitrogens with zero attached hydrogens (tertiary/aromatic N) is 1. The maximum Gasteiger partial charge on any atom is 0.410 e. The third-order valence-corrected chi connectivity index (χ3v) is 4.38. The molecule has 1 atom stereocenters. The van der Waals surface area contributed by atoms with Crippen molar-refractivity contribution >= 4 is 12.0 Å². The lowest BCUT2D eigenvalue weighted by atomic mass is 9.72. The molecule has 5 nitrogen and oxygen atoms in total. The topological polar surface area (TPSA) is 72.6 Å². The molecule has 0 spiro atoms. The van der Waals surface area contributed by atoms with Gasteiger partial charge in [-0.1, -0.05) is 30.3 Å². The van der Waals surface area contributed by atoms with Crippen molar-refractivity contribution in [2.45, 2.75) is 45.4 Å². The van der Waals surface area contributed by atoms with Gasteiger partial charge in [0, 0.05) is 13.1 Å². The summed E-state index contributed by atoms with van der Waals surface area (Å²) in [5, 5.41) is 0. The monoisotopic (exact) mass is 336 g/mol. The van der Waals surface area contributed by atoms with Gasteiger partial charge in [-0.05, 0) is 39.2 Å². The Labute approximate surface area is 142 Å². The fourth-order valence-corrected chi connectivity index (χ4v) is 2.98. The normalized spacial score (nSPS) is 18.8. The van der Waals surface area contributed by atoms with Crippen LogP contribution in [0.2, 0.25) is 0 Å². The number of hydrogen-bond donors (Lipinski definition) is 1. The highest BCUT2D eigenvalue weighted by Crippen LogP contribution is 2.45. The summed E-state index contributed by atoms with van der Waals surface area (Å²) in [6, 6.07) is 8.54. The van der Waals surface area contributed by atoms with Gasteiger partial charge in [-0.2, -0.15) is 0 Å². The fourth-order valence-electron chi connectivity index (χ4n) is 2.98. The van der Waals surface area contributed by atoms with Crippen molar-refractivity contribution in [3.05, 3.63) is 35.9 Å². The minimum atomic E-state index is -1.49. The largest absolute Gasteiger partial charge is 0.444 e. The van der Waals surface area contributed by atoms with Gasteiger partial charge >= 0.3 is 6.09 Å². The molecule has 1 unspecified atom stereocenters. The second-order valence-corrected chi connectivity index (χ2v) is 7.26. The van der Waals surface area contributed by atoms with E-state index in [2.05, 4.69) is 0 Å². The number of carbonyl (C=O) groups is 2. The van der Waals surface area contributed by atoms with E-state index in [0.717, 1.165) is 0 Å². The molecule has 0 saturated carbocycles. The summed E-state index contributed by atoms with van der Waals surface area (Å²) in [5.74, 6) is -0.664. The molecule has 0 bridgehead atoms. The molecule has 0 aliphatic carbocycles. The molecule has 2 amide bonds. The molecule has 0 aromatic heterocycles. The quantitative estimate of drug-likeness (QED) is 0.921. The van der Waals surface area contributed by atoms with Crippen molar-refractivity contribution in [3.8, 4) is 0 Å². The molecule has 132 valence electrons. The highest BCUT2D eigenvalue weighted by Gasteiger charge is 2.48. The Morgan fingerprint density at radius 1 is 1.21 bits per heavy atom. The Balaban J connectivity index is 2.12. The van der Waals surface area contributed by atoms with Crippen LogP contribution in [0.5, 0.6) is 0 Å². The number of halogens is 1. The minimum absolute atomic E-state index is 0.178. The summed E-state index contributed by atoms with van der Waals surface area (Å²) in [4.78, 5) is 25.7. The van der Waals surface area contributed by atoms with Crippen molar-refractivity contribution < 1.29 is 18.7 Å². The predicted octanol–water partition coefficient (Wildman–Crippen LogP) is 3.20. The second kappa shape index (κ2) is 6.79. The third kappa shape index (κ3) is 3.86. The number of likely N-dealkylation sites (tertiary alicyclic amines) is 1. The van der Waals surface area contributed by atoms with Gasteiger partial charge in [0.15, 0.2) is 0 Å². The Hall–Kier alpha value is -2.11. The minimum Gasteiger partial charge on any atom is -0.444 e. The number of nitrogens with two attached hydrogens (primary N) is 1. The zero-order chi connectivity index (χ0) is 18.0. The van der Waals surface area contributed by atoms with Gasteiger partial charge in [0.05, 0.1) is 5.41 Å². The average Bonchev–Trinajstić information content (AvgIpc) is 2.53. The number of carbonyl (C=O) groups excluding carboxylic acids is 2. The van der Waals surface area contributed by atoms with Gasteiger partial charge in [-0.15, -0.1) is 0 Å². The third-order valence-electron chi connectivity index (χ3n) is 4.38. The van der Waals surface area contributed by atoms with E-state index < -0.39 is 29.2 Å². The van der Waals surface area contributed by atoms with Crippen molar-refractivity contribution in [2.24, 2.45) is 11.1 Å². The van der Waals surface area contributed by atoms with E-state index in [1.807, 2.05) is 0 Å². The van der Waals surface area contributed by atoms with Crippen molar-refractivity contribution in [1.29, 1.82) is 0 Å². The molecular weight excluding hydrogens is 311 g/mol. The molecule has 1 aliphatic rings. The average molecular weight is 336 g/mol. The lowest BCUT2D eigenvalue weighted by molar-refractivity contribution is -0.135. The van der Waals surface area contributed by atoms with Crippen LogP contribution in [0.15, 0.2) is 30.3 Å². The van der Waals surface area contributed by atoms with Crippen molar-refractivity contribution in [3.63, 3.8) is 0 Å². The number of primary amides is 1. The van der Waals surface area contributed by atoms with Crippen LogP contribution in [0.4, 0.5) is 9.18 Å². The van der Waals surface area contributed by atoms with Crippen LogP contribution in [-0.4, -0.2) is 35.6 Å². The first-order valence-corrected chi connectivity index (χ1v) is 8.12. The molecule has 1 aliphatic heterocycles. The predicted molar refractivity (Wildman–Crippen MR) is 89.0 cm³/mol. The van der Waals surface area contributed by atoms with E-state index in [1.54, 1.807) is 51.1 Å². The number of ether oxygens (including phenoxy) is 1. The van der Waals surface area contributed by atoms with E-state index in [0.29, 0.717) is 5.56 Å². The molecule has 2 N–H and O–H groups in total. The summed E-state index contributed by atoms with van der Waals surface area (Å²) in [7, 11) is 0. The number of rotatable bonds is 3. The highest BCUT2D eigenvalue weighted by molar-refractivity contribution is 5.82. The van der Waals surface area contributed by atoms with Gasteiger partial charge < -0.3 is 15.4 Å². The zero-order valence-corrected chi connectivity index (χ0v) is 14.4. The SMILES string of the molecule is CC(C)(C)OC(=O)N1CCC(C(N)=O)(C(F)c2ccccc2)CC1. The van der Waals surface area contributed by atoms with Crippen LogP contribution in [0.3, 0.4) is 0 Å². The lowest BCUT2D eigenvalue weighted by Crippen LogP contribution is -2.51. The summed E-state index contributed by atoms with van der Waals surface area (Å²) in [6.45, 7) is 5.84. The molecule has 6 heteroatoms. The summed E-state index contributed by atoms with van der Waals surface area (Å²) < 4.78 is 20.4. The van der Waals surface area contributed by atoms with E-state index in [9.17, 15) is 9.59 Å². The number of amides is 2. The van der Waals surface area contributed by atoms with Crippen molar-refractivity contribution in [2.75, 3.05) is 13.1 Å². The molecule has 1 aromatic carbocycles. The first-order valence-electron chi connectivity index (χ1n) is 8.12. The maximum atomic E-state index is 15.1. The van der Waals surface area contributed by atoms with Gasteiger partial charge in [0.2, 0.25) is 5.91 Å². The van der Waals surface area contributed by atoms with Gasteiger partial charge in [-0.3, -0.25) is 4.79 Å². The Morgan fingerprint density at radius 2 is 1.75 bits per heavy atom. The smallest absolute Gasteiger partial charge is 0.410 e. The van der Waals surface area contributed by atoms with Crippen molar-refractivity contribution in [1.82, 2.24) is 4.90 Å².